The van der Waals surface area contributed by atoms with Gasteiger partial charge in [0.1, 0.15) is 18.2 Å². The van der Waals surface area contributed by atoms with Gasteiger partial charge < -0.3 is 15.2 Å². The summed E-state index contributed by atoms with van der Waals surface area (Å²) >= 11 is 3.08. The number of morpholine rings is 1. The first kappa shape index (κ1) is 13.6. The second-order valence-electron chi connectivity index (χ2n) is 4.11. The smallest absolute Gasteiger partial charge is 0.145 e. The minimum Gasteiger partial charge on any atom is -0.490 e. The molecule has 1 saturated heterocycles. The molecular formula is C12H16BrFN2O2. The lowest BCUT2D eigenvalue weighted by Gasteiger charge is -2.26. The number of halogens is 2. The summed E-state index contributed by atoms with van der Waals surface area (Å²) in [5.41, 5.74) is 6.19. The molecule has 0 spiro atoms. The Morgan fingerprint density at radius 3 is 2.83 bits per heavy atom. The van der Waals surface area contributed by atoms with Gasteiger partial charge in [-0.15, -0.1) is 0 Å². The van der Waals surface area contributed by atoms with E-state index in [-0.39, 0.29) is 5.82 Å². The van der Waals surface area contributed by atoms with Crippen LogP contribution in [0, 0.1) is 5.82 Å². The van der Waals surface area contributed by atoms with E-state index in [0.717, 1.165) is 32.8 Å². The maximum absolute atomic E-state index is 13.3. The summed E-state index contributed by atoms with van der Waals surface area (Å²) in [4.78, 5) is 2.24. The third-order valence-electron chi connectivity index (χ3n) is 2.82. The molecule has 0 saturated carbocycles. The molecule has 6 heteroatoms. The number of nitrogen functional groups attached to an aromatic ring is 1. The Morgan fingerprint density at radius 1 is 1.39 bits per heavy atom. The number of hydrogen-bond donors (Lipinski definition) is 1. The Hall–Kier alpha value is -0.850. The third-order valence-corrected chi connectivity index (χ3v) is 3.43. The molecule has 1 aromatic rings. The molecular weight excluding hydrogens is 303 g/mol. The van der Waals surface area contributed by atoms with Crippen molar-refractivity contribution < 1.29 is 13.9 Å². The molecule has 0 amide bonds. The summed E-state index contributed by atoms with van der Waals surface area (Å²) < 4.78 is 24.4. The van der Waals surface area contributed by atoms with Gasteiger partial charge in [0.2, 0.25) is 0 Å². The average molecular weight is 319 g/mol. The van der Waals surface area contributed by atoms with Gasteiger partial charge in [0.15, 0.2) is 0 Å². The summed E-state index contributed by atoms with van der Waals surface area (Å²) in [5, 5.41) is 0. The number of rotatable bonds is 4. The zero-order valence-electron chi connectivity index (χ0n) is 9.99. The van der Waals surface area contributed by atoms with Crippen molar-refractivity contribution in [3.63, 3.8) is 0 Å². The lowest BCUT2D eigenvalue weighted by Crippen LogP contribution is -2.38. The van der Waals surface area contributed by atoms with Gasteiger partial charge >= 0.3 is 0 Å². The van der Waals surface area contributed by atoms with Gasteiger partial charge in [0.05, 0.1) is 23.4 Å². The van der Waals surface area contributed by atoms with E-state index in [9.17, 15) is 4.39 Å². The molecule has 100 valence electrons. The van der Waals surface area contributed by atoms with E-state index in [1.165, 1.54) is 12.1 Å². The zero-order chi connectivity index (χ0) is 13.0. The maximum atomic E-state index is 13.3. The monoisotopic (exact) mass is 318 g/mol. The van der Waals surface area contributed by atoms with Crippen LogP contribution < -0.4 is 10.5 Å². The molecule has 2 N–H and O–H groups in total. The molecule has 1 heterocycles. The number of nitrogens with zero attached hydrogens (tertiary/aromatic N) is 1. The van der Waals surface area contributed by atoms with Crippen molar-refractivity contribution in [2.24, 2.45) is 0 Å². The Labute approximate surface area is 114 Å². The largest absolute Gasteiger partial charge is 0.490 e. The van der Waals surface area contributed by atoms with Crippen molar-refractivity contribution in [3.05, 3.63) is 22.4 Å². The minimum absolute atomic E-state index is 0.348. The van der Waals surface area contributed by atoms with Crippen molar-refractivity contribution in [3.8, 4) is 5.75 Å². The second-order valence-corrected chi connectivity index (χ2v) is 4.96. The quantitative estimate of drug-likeness (QED) is 0.861. The fourth-order valence-corrected chi connectivity index (χ4v) is 2.14. The molecule has 1 fully saturated rings. The predicted molar refractivity (Wildman–Crippen MR) is 71.3 cm³/mol. The van der Waals surface area contributed by atoms with Crippen LogP contribution in [0.1, 0.15) is 0 Å². The summed E-state index contributed by atoms with van der Waals surface area (Å²) in [6, 6.07) is 2.82. The molecule has 0 bridgehead atoms. The Kier molecular flexibility index (Phi) is 4.79. The van der Waals surface area contributed by atoms with Crippen LogP contribution in [0.3, 0.4) is 0 Å². The molecule has 0 aliphatic carbocycles. The van der Waals surface area contributed by atoms with Crippen molar-refractivity contribution in [1.82, 2.24) is 4.90 Å². The molecule has 18 heavy (non-hydrogen) atoms. The first-order valence-corrected chi connectivity index (χ1v) is 6.63. The van der Waals surface area contributed by atoms with Gasteiger partial charge in [0.25, 0.3) is 0 Å². The van der Waals surface area contributed by atoms with E-state index >= 15 is 0 Å². The predicted octanol–water partition coefficient (Wildman–Crippen LogP) is 1.88. The zero-order valence-corrected chi connectivity index (χ0v) is 11.6. The highest BCUT2D eigenvalue weighted by atomic mass is 79.9. The molecule has 1 aliphatic heterocycles. The van der Waals surface area contributed by atoms with Crippen molar-refractivity contribution in [2.45, 2.75) is 0 Å². The Balaban J connectivity index is 1.84. The molecule has 0 unspecified atom stereocenters. The molecule has 0 aromatic heterocycles. The van der Waals surface area contributed by atoms with E-state index < -0.39 is 0 Å². The fraction of sp³-hybridized carbons (Fsp3) is 0.500. The third kappa shape index (κ3) is 3.57. The van der Waals surface area contributed by atoms with Crippen molar-refractivity contribution in [1.29, 1.82) is 0 Å². The highest BCUT2D eigenvalue weighted by Gasteiger charge is 2.11. The maximum Gasteiger partial charge on any atom is 0.145 e. The standard InChI is InChI=1S/C12H16BrFN2O2/c13-9-7-11(15)12(8-10(9)14)18-6-3-16-1-4-17-5-2-16/h7-8H,1-6,15H2. The second kappa shape index (κ2) is 6.36. The number of anilines is 1. The lowest BCUT2D eigenvalue weighted by molar-refractivity contribution is 0.0323. The van der Waals surface area contributed by atoms with Crippen LogP contribution in [0.5, 0.6) is 5.75 Å². The molecule has 1 aromatic carbocycles. The van der Waals surface area contributed by atoms with Crippen LogP contribution >= 0.6 is 15.9 Å². The molecule has 1 aliphatic rings. The topological polar surface area (TPSA) is 47.7 Å². The van der Waals surface area contributed by atoms with Gasteiger partial charge in [-0.3, -0.25) is 4.90 Å². The van der Waals surface area contributed by atoms with Crippen molar-refractivity contribution in [2.75, 3.05) is 45.2 Å². The fourth-order valence-electron chi connectivity index (χ4n) is 1.78. The summed E-state index contributed by atoms with van der Waals surface area (Å²) in [5.74, 6) is 0.0227. The Bertz CT molecular complexity index is 411. The van der Waals surface area contributed by atoms with Crippen molar-refractivity contribution >= 4 is 21.6 Å². The van der Waals surface area contributed by atoms with Crippen LogP contribution in [0.4, 0.5) is 10.1 Å². The van der Waals surface area contributed by atoms with E-state index in [1.54, 1.807) is 0 Å². The van der Waals surface area contributed by atoms with E-state index in [0.29, 0.717) is 22.5 Å². The van der Waals surface area contributed by atoms with Crippen LogP contribution in [0.2, 0.25) is 0 Å². The first-order chi connectivity index (χ1) is 8.66. The van der Waals surface area contributed by atoms with E-state index in [2.05, 4.69) is 20.8 Å². The molecule has 0 atom stereocenters. The highest BCUT2D eigenvalue weighted by Crippen LogP contribution is 2.28. The number of ether oxygens (including phenoxy) is 2. The molecule has 4 nitrogen and oxygen atoms in total. The number of benzene rings is 1. The van der Waals surface area contributed by atoms with E-state index in [1.807, 2.05) is 0 Å². The first-order valence-electron chi connectivity index (χ1n) is 5.84. The Morgan fingerprint density at radius 2 is 2.11 bits per heavy atom. The normalized spacial score (nSPS) is 16.8. The minimum atomic E-state index is -0.370. The van der Waals surface area contributed by atoms with Crippen LogP contribution in [-0.2, 0) is 4.74 Å². The average Bonchev–Trinajstić information content (AvgIpc) is 2.37. The summed E-state index contributed by atoms with van der Waals surface area (Å²) in [7, 11) is 0. The lowest BCUT2D eigenvalue weighted by atomic mass is 10.3. The van der Waals surface area contributed by atoms with E-state index in [4.69, 9.17) is 15.2 Å². The summed E-state index contributed by atoms with van der Waals surface area (Å²) in [6.45, 7) is 4.62. The van der Waals surface area contributed by atoms with Crippen LogP contribution in [-0.4, -0.2) is 44.4 Å². The highest BCUT2D eigenvalue weighted by molar-refractivity contribution is 9.10. The molecule has 2 rings (SSSR count). The SMILES string of the molecule is Nc1cc(Br)c(F)cc1OCCN1CCOCC1. The van der Waals surface area contributed by atoms with Gasteiger partial charge in [-0.25, -0.2) is 4.39 Å². The van der Waals surface area contributed by atoms with Crippen LogP contribution in [0.25, 0.3) is 0 Å². The number of nitrogens with two attached hydrogens (primary N) is 1. The molecule has 0 radical (unpaired) electrons. The van der Waals surface area contributed by atoms with Crippen LogP contribution in [0.15, 0.2) is 16.6 Å². The number of hydrogen-bond acceptors (Lipinski definition) is 4. The van der Waals surface area contributed by atoms with Gasteiger partial charge in [-0.2, -0.15) is 0 Å². The van der Waals surface area contributed by atoms with Gasteiger partial charge in [-0.05, 0) is 22.0 Å². The summed E-state index contributed by atoms with van der Waals surface area (Å²) in [6.07, 6.45) is 0. The van der Waals surface area contributed by atoms with Gasteiger partial charge in [0, 0.05) is 25.7 Å². The van der Waals surface area contributed by atoms with Gasteiger partial charge in [-0.1, -0.05) is 0 Å².